The first-order chi connectivity index (χ1) is 27.1. The predicted octanol–water partition coefficient (Wildman–Crippen LogP) is 2.96. The van der Waals surface area contributed by atoms with Crippen LogP contribution in [0.15, 0.2) is 18.2 Å². The van der Waals surface area contributed by atoms with E-state index in [1.165, 1.54) is 0 Å². The number of carbonyl (C=O) groups excluding carboxylic acids is 4. The third-order valence-electron chi connectivity index (χ3n) is 8.57. The van der Waals surface area contributed by atoms with Crippen LogP contribution in [-0.4, -0.2) is 148 Å². The van der Waals surface area contributed by atoms with Crippen LogP contribution in [-0.2, 0) is 36.0 Å². The highest BCUT2D eigenvalue weighted by molar-refractivity contribution is 6.60. The maximum absolute atomic E-state index is 12.8. The third kappa shape index (κ3) is 20.6. The lowest BCUT2D eigenvalue weighted by Crippen LogP contribution is -2.45. The number of urea groups is 4. The van der Waals surface area contributed by atoms with Gasteiger partial charge in [0.05, 0.1) is 50.6 Å². The third-order valence-corrected chi connectivity index (χ3v) is 14.2. The molecule has 0 fully saturated rings. The molecule has 4 atom stereocenters. The Hall–Kier alpha value is -3.59. The number of benzene rings is 1. The van der Waals surface area contributed by atoms with Gasteiger partial charge in [-0.1, -0.05) is 6.07 Å². The molecule has 8 amide bonds. The fourth-order valence-corrected chi connectivity index (χ4v) is 8.80. The molecule has 328 valence electrons. The molecule has 0 spiro atoms. The molecule has 22 heteroatoms. The smallest absolute Gasteiger partial charge is 0.377 e. The Morgan fingerprint density at radius 1 is 0.526 bits per heavy atom. The van der Waals surface area contributed by atoms with Crippen LogP contribution >= 0.6 is 0 Å². The number of nitrogens with one attached hydrogen (secondary N) is 8. The zero-order chi connectivity index (χ0) is 42.9. The summed E-state index contributed by atoms with van der Waals surface area (Å²) in [7, 11) is 3.93. The molecular formula is C35H68N8O12Si2. The van der Waals surface area contributed by atoms with Gasteiger partial charge < -0.3 is 78.6 Å². The summed E-state index contributed by atoms with van der Waals surface area (Å²) in [5, 5.41) is 22.5. The lowest BCUT2D eigenvalue weighted by Gasteiger charge is -2.24. The van der Waals surface area contributed by atoms with Gasteiger partial charge >= 0.3 is 41.7 Å². The van der Waals surface area contributed by atoms with Crippen molar-refractivity contribution in [1.29, 1.82) is 0 Å². The lowest BCUT2D eigenvalue weighted by atomic mass is 10.1. The zero-order valence-corrected chi connectivity index (χ0v) is 37.5. The Morgan fingerprint density at radius 2 is 0.825 bits per heavy atom. The minimum Gasteiger partial charge on any atom is -0.377 e. The molecule has 57 heavy (non-hydrogen) atoms. The second kappa shape index (κ2) is 27.9. The second-order valence-corrected chi connectivity index (χ2v) is 19.6. The summed E-state index contributed by atoms with van der Waals surface area (Å²) in [6.07, 6.45) is 1.26. The Kier molecular flexibility index (Phi) is 25.2. The minimum absolute atomic E-state index is 0.217. The standard InChI is InChI=1S/C35H68N8O12Si2/c1-25(38-32(44)36-17-13-19-56(48-6,49-7)50-8)21-54-23-27(3)40-34(46)42-30-15-12-16-31(29(30)5)43-35(47)41-28(4)24-55-22-26(2)39-33(45)37-18-14-20-57(51-9,52-10)53-11/h12,15-16,25-28H,13-14,17-24H2,1-11H3,(H2,36,38,44)(H2,37,39,45)(H2,40,42,46)(H2,41,43,47). The first-order valence-corrected chi connectivity index (χ1v) is 22.8. The second-order valence-electron chi connectivity index (χ2n) is 13.5. The van der Waals surface area contributed by atoms with E-state index in [9.17, 15) is 19.2 Å². The number of carbonyl (C=O) groups is 4. The van der Waals surface area contributed by atoms with E-state index >= 15 is 0 Å². The van der Waals surface area contributed by atoms with Gasteiger partial charge in [-0.15, -0.1) is 0 Å². The predicted molar refractivity (Wildman–Crippen MR) is 220 cm³/mol. The number of amides is 8. The minimum atomic E-state index is -2.68. The molecule has 4 unspecified atom stereocenters. The van der Waals surface area contributed by atoms with E-state index in [1.54, 1.807) is 81.6 Å². The summed E-state index contributed by atoms with van der Waals surface area (Å²) in [4.78, 5) is 50.0. The molecule has 0 saturated heterocycles. The number of ether oxygens (including phenoxy) is 2. The summed E-state index contributed by atoms with van der Waals surface area (Å²) >= 11 is 0. The number of hydrogen-bond donors (Lipinski definition) is 8. The van der Waals surface area contributed by atoms with Crippen molar-refractivity contribution in [3.63, 3.8) is 0 Å². The molecule has 0 radical (unpaired) electrons. The molecule has 0 saturated carbocycles. The fourth-order valence-electron chi connectivity index (χ4n) is 5.36. The Balaban J connectivity index is 2.37. The van der Waals surface area contributed by atoms with Gasteiger partial charge in [-0.3, -0.25) is 0 Å². The van der Waals surface area contributed by atoms with Crippen LogP contribution in [0.4, 0.5) is 30.6 Å². The quantitative estimate of drug-likeness (QED) is 0.0449. The Labute approximate surface area is 339 Å². The van der Waals surface area contributed by atoms with Crippen molar-refractivity contribution in [2.75, 3.05) is 92.8 Å². The zero-order valence-electron chi connectivity index (χ0n) is 35.5. The van der Waals surface area contributed by atoms with E-state index < -0.39 is 29.7 Å². The first-order valence-electron chi connectivity index (χ1n) is 18.9. The topological polar surface area (TPSA) is 238 Å². The van der Waals surface area contributed by atoms with Gasteiger partial charge in [0.2, 0.25) is 0 Å². The Bertz CT molecular complexity index is 1240. The normalized spacial score (nSPS) is 13.7. The van der Waals surface area contributed by atoms with Crippen LogP contribution in [0.25, 0.3) is 0 Å². The van der Waals surface area contributed by atoms with Crippen LogP contribution in [0.5, 0.6) is 0 Å². The summed E-state index contributed by atoms with van der Waals surface area (Å²) in [5.74, 6) is 0. The molecule has 0 bridgehead atoms. The van der Waals surface area contributed by atoms with Crippen molar-refractivity contribution < 1.29 is 55.2 Å². The highest BCUT2D eigenvalue weighted by Crippen LogP contribution is 2.23. The highest BCUT2D eigenvalue weighted by atomic mass is 28.4. The molecule has 0 aliphatic rings. The Morgan fingerprint density at radius 3 is 1.12 bits per heavy atom. The number of anilines is 2. The van der Waals surface area contributed by atoms with Crippen molar-refractivity contribution in [3.05, 3.63) is 23.8 Å². The van der Waals surface area contributed by atoms with E-state index in [2.05, 4.69) is 42.5 Å². The average Bonchev–Trinajstić information content (AvgIpc) is 3.17. The molecule has 0 aliphatic carbocycles. The van der Waals surface area contributed by atoms with E-state index in [0.29, 0.717) is 55.0 Å². The van der Waals surface area contributed by atoms with Gasteiger partial charge in [-0.2, -0.15) is 0 Å². The maximum atomic E-state index is 12.8. The van der Waals surface area contributed by atoms with Crippen molar-refractivity contribution >= 4 is 53.1 Å². The van der Waals surface area contributed by atoms with Crippen LogP contribution in [0.2, 0.25) is 12.1 Å². The monoisotopic (exact) mass is 848 g/mol. The summed E-state index contributed by atoms with van der Waals surface area (Å²) in [6.45, 7) is 10.8. The van der Waals surface area contributed by atoms with Gasteiger partial charge in [0, 0.05) is 79.2 Å². The molecular weight excluding hydrogens is 781 g/mol. The van der Waals surface area contributed by atoms with E-state index in [4.69, 9.17) is 36.0 Å². The average molecular weight is 849 g/mol. The number of rotatable bonds is 28. The van der Waals surface area contributed by atoms with Gasteiger partial charge in [0.1, 0.15) is 0 Å². The first kappa shape index (κ1) is 51.4. The highest BCUT2D eigenvalue weighted by Gasteiger charge is 2.37. The summed E-state index contributed by atoms with van der Waals surface area (Å²) in [5.41, 5.74) is 1.68. The largest absolute Gasteiger partial charge is 0.500 e. The van der Waals surface area contributed by atoms with Gasteiger partial charge in [0.15, 0.2) is 0 Å². The molecule has 1 rings (SSSR count). The van der Waals surface area contributed by atoms with Crippen molar-refractivity contribution in [3.8, 4) is 0 Å². The van der Waals surface area contributed by atoms with Gasteiger partial charge in [0.25, 0.3) is 0 Å². The maximum Gasteiger partial charge on any atom is 0.500 e. The van der Waals surface area contributed by atoms with Gasteiger partial charge in [-0.05, 0) is 65.2 Å². The lowest BCUT2D eigenvalue weighted by molar-refractivity contribution is 0.103. The molecule has 1 aromatic rings. The summed E-state index contributed by atoms with van der Waals surface area (Å²) in [6, 6.07) is 3.56. The summed E-state index contributed by atoms with van der Waals surface area (Å²) < 4.78 is 43.7. The van der Waals surface area contributed by atoms with Crippen LogP contribution in [0.3, 0.4) is 0 Å². The van der Waals surface area contributed by atoms with Crippen LogP contribution in [0.1, 0.15) is 46.1 Å². The molecule has 8 N–H and O–H groups in total. The number of hydrogen-bond acceptors (Lipinski definition) is 12. The molecule has 0 heterocycles. The van der Waals surface area contributed by atoms with Crippen molar-refractivity contribution in [1.82, 2.24) is 31.9 Å². The van der Waals surface area contributed by atoms with E-state index in [1.807, 2.05) is 13.8 Å². The van der Waals surface area contributed by atoms with Crippen LogP contribution < -0.4 is 42.5 Å². The van der Waals surface area contributed by atoms with E-state index in [0.717, 1.165) is 0 Å². The molecule has 0 aliphatic heterocycles. The molecule has 0 aromatic heterocycles. The van der Waals surface area contributed by atoms with Crippen molar-refractivity contribution in [2.24, 2.45) is 0 Å². The van der Waals surface area contributed by atoms with Crippen LogP contribution in [0, 0.1) is 6.92 Å². The SMILES string of the molecule is CO[Si](CCCNC(=O)NC(C)COCC(C)NC(=O)Nc1cccc(NC(=O)NC(C)COCC(C)NC(=O)NCCC[Si](OC)(OC)OC)c1C)(OC)OC. The van der Waals surface area contributed by atoms with Crippen molar-refractivity contribution in [2.45, 2.75) is 83.7 Å². The van der Waals surface area contributed by atoms with E-state index in [-0.39, 0.29) is 62.7 Å². The fraction of sp³-hybridized carbons (Fsp3) is 0.714. The van der Waals surface area contributed by atoms with Gasteiger partial charge in [-0.25, -0.2) is 19.2 Å². The molecule has 20 nitrogen and oxygen atoms in total. The molecule has 1 aromatic carbocycles.